The van der Waals surface area contributed by atoms with Gasteiger partial charge in [-0.15, -0.1) is 0 Å². The SMILES string of the molecule is Cc1cc2nc(N(CCN3CCOCC3)C(=O)C3c4ccccc4Oc4ccccc43)sc2cc1C. The Morgan fingerprint density at radius 1 is 1.00 bits per heavy atom. The van der Waals surface area contributed by atoms with Crippen LogP contribution in [0.3, 0.4) is 0 Å². The van der Waals surface area contributed by atoms with Crippen molar-refractivity contribution in [2.75, 3.05) is 44.3 Å². The molecule has 6 nitrogen and oxygen atoms in total. The Kier molecular flexibility index (Phi) is 6.21. The Bertz CT molecular complexity index is 1340. The number of aromatic nitrogens is 1. The van der Waals surface area contributed by atoms with Crippen molar-refractivity contribution in [3.05, 3.63) is 82.9 Å². The first-order chi connectivity index (χ1) is 17.6. The van der Waals surface area contributed by atoms with Crippen LogP contribution in [0.2, 0.25) is 0 Å². The number of thiazole rings is 1. The molecular formula is C29H29N3O3S. The predicted molar refractivity (Wildman–Crippen MR) is 144 cm³/mol. The summed E-state index contributed by atoms with van der Waals surface area (Å²) in [6, 6.07) is 20.0. The fraction of sp³-hybridized carbons (Fsp3) is 0.310. The number of carbonyl (C=O) groups is 1. The van der Waals surface area contributed by atoms with Crippen LogP contribution < -0.4 is 9.64 Å². The van der Waals surface area contributed by atoms with E-state index in [4.69, 9.17) is 14.5 Å². The molecule has 1 fully saturated rings. The number of carbonyl (C=O) groups excluding carboxylic acids is 1. The molecule has 2 aliphatic rings. The van der Waals surface area contributed by atoms with Gasteiger partial charge in [-0.2, -0.15) is 0 Å². The highest BCUT2D eigenvalue weighted by molar-refractivity contribution is 7.22. The summed E-state index contributed by atoms with van der Waals surface area (Å²) in [5.74, 6) is 1.04. The van der Waals surface area contributed by atoms with Crippen LogP contribution in [0.4, 0.5) is 5.13 Å². The van der Waals surface area contributed by atoms with Crippen molar-refractivity contribution < 1.29 is 14.3 Å². The molecule has 0 N–H and O–H groups in total. The van der Waals surface area contributed by atoms with E-state index in [-0.39, 0.29) is 5.91 Å². The lowest BCUT2D eigenvalue weighted by Crippen LogP contribution is -2.44. The molecule has 0 spiro atoms. The highest BCUT2D eigenvalue weighted by atomic mass is 32.1. The molecule has 4 aromatic rings. The predicted octanol–water partition coefficient (Wildman–Crippen LogP) is 5.52. The standard InChI is InChI=1S/C29H29N3O3S/c1-19-17-23-26(18-20(19)2)36-29(30-23)32(12-11-31-13-15-34-16-14-31)28(33)27-21-7-3-5-9-24(21)35-25-10-6-4-8-22(25)27/h3-10,17-18,27H,11-16H2,1-2H3. The summed E-state index contributed by atoms with van der Waals surface area (Å²) in [5.41, 5.74) is 5.17. The summed E-state index contributed by atoms with van der Waals surface area (Å²) < 4.78 is 12.8. The largest absolute Gasteiger partial charge is 0.457 e. The van der Waals surface area contributed by atoms with E-state index in [2.05, 4.69) is 30.9 Å². The maximum absolute atomic E-state index is 14.5. The van der Waals surface area contributed by atoms with Crippen LogP contribution in [0.5, 0.6) is 11.5 Å². The molecule has 6 rings (SSSR count). The molecule has 1 amide bonds. The molecule has 3 heterocycles. The summed E-state index contributed by atoms with van der Waals surface area (Å²) in [5, 5.41) is 0.745. The van der Waals surface area contributed by atoms with Gasteiger partial charge in [0.1, 0.15) is 11.5 Å². The molecule has 0 unspecified atom stereocenters. The molecule has 184 valence electrons. The lowest BCUT2D eigenvalue weighted by Gasteiger charge is -2.33. The molecule has 7 heteroatoms. The van der Waals surface area contributed by atoms with Crippen molar-refractivity contribution in [1.29, 1.82) is 0 Å². The Morgan fingerprint density at radius 3 is 2.33 bits per heavy atom. The van der Waals surface area contributed by atoms with Gasteiger partial charge >= 0.3 is 0 Å². The maximum Gasteiger partial charge on any atom is 0.241 e. The van der Waals surface area contributed by atoms with Crippen molar-refractivity contribution in [1.82, 2.24) is 9.88 Å². The van der Waals surface area contributed by atoms with Crippen molar-refractivity contribution >= 4 is 32.6 Å². The van der Waals surface area contributed by atoms with E-state index >= 15 is 0 Å². The first-order valence-electron chi connectivity index (χ1n) is 12.4. The van der Waals surface area contributed by atoms with Gasteiger partial charge < -0.3 is 9.47 Å². The van der Waals surface area contributed by atoms with Gasteiger partial charge in [0, 0.05) is 37.3 Å². The van der Waals surface area contributed by atoms with Crippen LogP contribution in [0.15, 0.2) is 60.7 Å². The Morgan fingerprint density at radius 2 is 1.64 bits per heavy atom. The molecule has 1 aromatic heterocycles. The molecule has 0 saturated carbocycles. The fourth-order valence-electron chi connectivity index (χ4n) is 4.98. The highest BCUT2D eigenvalue weighted by Gasteiger charge is 2.36. The number of nitrogens with zero attached hydrogens (tertiary/aromatic N) is 3. The number of hydrogen-bond donors (Lipinski definition) is 0. The summed E-state index contributed by atoms with van der Waals surface area (Å²) in [6.07, 6.45) is 0. The number of hydrogen-bond acceptors (Lipinski definition) is 6. The smallest absolute Gasteiger partial charge is 0.241 e. The second kappa shape index (κ2) is 9.65. The van der Waals surface area contributed by atoms with Crippen molar-refractivity contribution in [2.45, 2.75) is 19.8 Å². The molecule has 36 heavy (non-hydrogen) atoms. The first-order valence-corrected chi connectivity index (χ1v) is 13.2. The minimum Gasteiger partial charge on any atom is -0.457 e. The number of morpholine rings is 1. The fourth-order valence-corrected chi connectivity index (χ4v) is 6.06. The lowest BCUT2D eigenvalue weighted by atomic mass is 9.87. The van der Waals surface area contributed by atoms with E-state index in [1.54, 1.807) is 11.3 Å². The van der Waals surface area contributed by atoms with E-state index in [1.807, 2.05) is 53.4 Å². The van der Waals surface area contributed by atoms with Gasteiger partial charge in [0.25, 0.3) is 0 Å². The van der Waals surface area contributed by atoms with Crippen molar-refractivity contribution in [2.24, 2.45) is 0 Å². The molecule has 0 atom stereocenters. The maximum atomic E-state index is 14.5. The second-order valence-corrected chi connectivity index (χ2v) is 10.5. The number of anilines is 1. The Labute approximate surface area is 215 Å². The van der Waals surface area contributed by atoms with Gasteiger partial charge in [0.15, 0.2) is 5.13 Å². The average molecular weight is 500 g/mol. The van der Waals surface area contributed by atoms with Crippen LogP contribution >= 0.6 is 11.3 Å². The number of para-hydroxylation sites is 2. The third-order valence-electron chi connectivity index (χ3n) is 7.16. The summed E-state index contributed by atoms with van der Waals surface area (Å²) >= 11 is 1.59. The molecule has 0 aliphatic carbocycles. The van der Waals surface area contributed by atoms with Gasteiger partial charge in [0.2, 0.25) is 5.91 Å². The van der Waals surface area contributed by atoms with Crippen molar-refractivity contribution in [3.8, 4) is 11.5 Å². The van der Waals surface area contributed by atoms with Crippen LogP contribution in [-0.2, 0) is 9.53 Å². The molecule has 0 bridgehead atoms. The molecule has 3 aromatic carbocycles. The number of amides is 1. The molecule has 0 radical (unpaired) electrons. The lowest BCUT2D eigenvalue weighted by molar-refractivity contribution is -0.119. The van der Waals surface area contributed by atoms with Gasteiger partial charge in [-0.05, 0) is 49.2 Å². The minimum atomic E-state index is -0.452. The van der Waals surface area contributed by atoms with E-state index < -0.39 is 5.92 Å². The van der Waals surface area contributed by atoms with E-state index in [0.29, 0.717) is 6.54 Å². The second-order valence-electron chi connectivity index (χ2n) is 9.46. The quantitative estimate of drug-likeness (QED) is 0.362. The van der Waals surface area contributed by atoms with Gasteiger partial charge in [-0.25, -0.2) is 4.98 Å². The van der Waals surface area contributed by atoms with E-state index in [1.165, 1.54) is 11.1 Å². The van der Waals surface area contributed by atoms with Gasteiger partial charge in [-0.3, -0.25) is 14.6 Å². The summed E-state index contributed by atoms with van der Waals surface area (Å²) in [7, 11) is 0. The Hall–Kier alpha value is -3.26. The molecule has 2 aliphatic heterocycles. The summed E-state index contributed by atoms with van der Waals surface area (Å²) in [4.78, 5) is 23.7. The number of fused-ring (bicyclic) bond motifs is 3. The molecule has 1 saturated heterocycles. The zero-order valence-corrected chi connectivity index (χ0v) is 21.4. The third kappa shape index (κ3) is 4.28. The average Bonchev–Trinajstić information content (AvgIpc) is 3.30. The van der Waals surface area contributed by atoms with Crippen LogP contribution in [0, 0.1) is 13.8 Å². The minimum absolute atomic E-state index is 0.0268. The Balaban J connectivity index is 1.42. The topological polar surface area (TPSA) is 54.9 Å². The van der Waals surface area contributed by atoms with Crippen molar-refractivity contribution in [3.63, 3.8) is 0 Å². The van der Waals surface area contributed by atoms with Gasteiger partial charge in [0.05, 0.1) is 29.3 Å². The van der Waals surface area contributed by atoms with Crippen LogP contribution in [0.25, 0.3) is 10.2 Å². The van der Waals surface area contributed by atoms with E-state index in [0.717, 1.165) is 70.8 Å². The monoisotopic (exact) mass is 499 g/mol. The highest BCUT2D eigenvalue weighted by Crippen LogP contribution is 2.45. The number of benzene rings is 3. The van der Waals surface area contributed by atoms with Gasteiger partial charge in [-0.1, -0.05) is 47.7 Å². The van der Waals surface area contributed by atoms with Crippen LogP contribution in [0.1, 0.15) is 28.2 Å². The van der Waals surface area contributed by atoms with Crippen LogP contribution in [-0.4, -0.2) is 55.2 Å². The third-order valence-corrected chi connectivity index (χ3v) is 8.20. The normalized spacial score (nSPS) is 15.8. The van der Waals surface area contributed by atoms with E-state index in [9.17, 15) is 4.79 Å². The number of ether oxygens (including phenoxy) is 2. The first kappa shape index (κ1) is 23.2. The zero-order valence-electron chi connectivity index (χ0n) is 20.6. The number of aryl methyl sites for hydroxylation is 2. The summed E-state index contributed by atoms with van der Waals surface area (Å²) in [6.45, 7) is 8.78. The number of rotatable bonds is 5. The zero-order chi connectivity index (χ0) is 24.6. The molecular weight excluding hydrogens is 470 g/mol.